The number of benzene rings is 2. The molecule has 1 aliphatic heterocycles. The lowest BCUT2D eigenvalue weighted by Gasteiger charge is -2.19. The van der Waals surface area contributed by atoms with Crippen molar-refractivity contribution in [3.63, 3.8) is 0 Å². The van der Waals surface area contributed by atoms with E-state index >= 15 is 0 Å². The van der Waals surface area contributed by atoms with Gasteiger partial charge in [0.2, 0.25) is 5.91 Å². The molecule has 4 amide bonds. The van der Waals surface area contributed by atoms with E-state index in [1.807, 2.05) is 25.1 Å². The van der Waals surface area contributed by atoms with Crippen molar-refractivity contribution in [3.05, 3.63) is 64.7 Å². The van der Waals surface area contributed by atoms with Crippen molar-refractivity contribution in [2.24, 2.45) is 0 Å². The molecule has 1 aliphatic rings. The zero-order valence-electron chi connectivity index (χ0n) is 15.1. The number of anilines is 1. The van der Waals surface area contributed by atoms with Crippen LogP contribution in [0.2, 0.25) is 5.02 Å². The monoisotopic (exact) mass is 385 g/mol. The van der Waals surface area contributed by atoms with Crippen LogP contribution in [0.25, 0.3) is 0 Å². The summed E-state index contributed by atoms with van der Waals surface area (Å²) in [6, 6.07) is 13.3. The molecule has 27 heavy (non-hydrogen) atoms. The number of hydrogen-bond donors (Lipinski definition) is 1. The smallest absolute Gasteiger partial charge is 0.332 e. The predicted molar refractivity (Wildman–Crippen MR) is 104 cm³/mol. The number of rotatable bonds is 5. The highest BCUT2D eigenvalue weighted by Crippen LogP contribution is 2.25. The van der Waals surface area contributed by atoms with Gasteiger partial charge in [-0.25, -0.2) is 4.79 Å². The molecule has 140 valence electrons. The van der Waals surface area contributed by atoms with Gasteiger partial charge in [0.15, 0.2) is 0 Å². The molecular weight excluding hydrogens is 366 g/mol. The summed E-state index contributed by atoms with van der Waals surface area (Å²) in [5, 5.41) is 3.29. The van der Waals surface area contributed by atoms with Crippen LogP contribution in [-0.4, -0.2) is 35.3 Å². The molecule has 0 spiro atoms. The Kier molecular flexibility index (Phi) is 5.46. The summed E-state index contributed by atoms with van der Waals surface area (Å²) >= 11 is 5.92. The predicted octanol–water partition coefficient (Wildman–Crippen LogP) is 3.12. The number of hydrogen-bond acceptors (Lipinski definition) is 3. The molecule has 6 nitrogen and oxygen atoms in total. The van der Waals surface area contributed by atoms with Gasteiger partial charge in [-0.05, 0) is 43.7 Å². The first-order chi connectivity index (χ1) is 12.9. The van der Waals surface area contributed by atoms with Crippen molar-refractivity contribution in [2.75, 3.05) is 11.4 Å². The molecule has 1 saturated heterocycles. The van der Waals surface area contributed by atoms with Gasteiger partial charge in [0.1, 0.15) is 12.6 Å². The third-order valence-corrected chi connectivity index (χ3v) is 4.68. The molecule has 2 aromatic carbocycles. The second-order valence-corrected chi connectivity index (χ2v) is 6.93. The van der Waals surface area contributed by atoms with Gasteiger partial charge < -0.3 is 5.32 Å². The van der Waals surface area contributed by atoms with Crippen molar-refractivity contribution in [2.45, 2.75) is 26.4 Å². The van der Waals surface area contributed by atoms with Crippen LogP contribution in [-0.2, 0) is 16.1 Å². The fraction of sp³-hybridized carbons (Fsp3) is 0.250. The largest absolute Gasteiger partial charge is 0.350 e. The third kappa shape index (κ3) is 4.11. The summed E-state index contributed by atoms with van der Waals surface area (Å²) < 4.78 is 0. The second kappa shape index (κ2) is 7.80. The molecule has 3 rings (SSSR count). The molecule has 0 aromatic heterocycles. The average Bonchev–Trinajstić information content (AvgIpc) is 2.85. The highest BCUT2D eigenvalue weighted by Gasteiger charge is 2.43. The van der Waals surface area contributed by atoms with Gasteiger partial charge in [-0.3, -0.25) is 19.4 Å². The van der Waals surface area contributed by atoms with Crippen LogP contribution in [0.1, 0.15) is 18.1 Å². The first kappa shape index (κ1) is 18.9. The van der Waals surface area contributed by atoms with E-state index in [0.717, 1.165) is 16.0 Å². The zero-order valence-corrected chi connectivity index (χ0v) is 15.9. The van der Waals surface area contributed by atoms with Gasteiger partial charge >= 0.3 is 6.03 Å². The molecular formula is C20H20ClN3O3. The molecule has 0 saturated carbocycles. The van der Waals surface area contributed by atoms with Crippen LogP contribution in [0, 0.1) is 6.92 Å². The molecule has 1 N–H and O–H groups in total. The highest BCUT2D eigenvalue weighted by atomic mass is 35.5. The third-order valence-electron chi connectivity index (χ3n) is 4.44. The molecule has 1 atom stereocenters. The lowest BCUT2D eigenvalue weighted by molar-refractivity contribution is -0.131. The maximum atomic E-state index is 12.7. The minimum atomic E-state index is -0.652. The Balaban J connectivity index is 1.65. The topological polar surface area (TPSA) is 69.7 Å². The van der Waals surface area contributed by atoms with E-state index < -0.39 is 23.9 Å². The molecule has 7 heteroatoms. The summed E-state index contributed by atoms with van der Waals surface area (Å²) in [6.07, 6.45) is 0. The normalized spacial score (nSPS) is 16.8. The van der Waals surface area contributed by atoms with E-state index in [1.54, 1.807) is 37.3 Å². The van der Waals surface area contributed by atoms with Gasteiger partial charge in [-0.15, -0.1) is 0 Å². The first-order valence-corrected chi connectivity index (χ1v) is 8.97. The molecule has 0 radical (unpaired) electrons. The number of aryl methyl sites for hydroxylation is 1. The quantitative estimate of drug-likeness (QED) is 0.804. The number of urea groups is 1. The number of halogens is 1. The van der Waals surface area contributed by atoms with Crippen molar-refractivity contribution in [1.29, 1.82) is 0 Å². The standard InChI is InChI=1S/C20H20ClN3O3/c1-13-6-8-17(9-7-13)24-14(2)19(26)23(20(24)27)12-18(25)22-11-15-4-3-5-16(21)10-15/h3-10,14H,11-12H2,1-2H3,(H,22,25)/t14-/m1/s1. The van der Waals surface area contributed by atoms with Crippen molar-refractivity contribution < 1.29 is 14.4 Å². The first-order valence-electron chi connectivity index (χ1n) is 8.59. The zero-order chi connectivity index (χ0) is 19.6. The Morgan fingerprint density at radius 1 is 1.15 bits per heavy atom. The van der Waals surface area contributed by atoms with Gasteiger partial charge in [-0.1, -0.05) is 41.4 Å². The number of nitrogens with one attached hydrogen (secondary N) is 1. The maximum absolute atomic E-state index is 12.7. The van der Waals surface area contributed by atoms with E-state index in [2.05, 4.69) is 5.32 Å². The number of carbonyl (C=O) groups excluding carboxylic acids is 3. The van der Waals surface area contributed by atoms with Crippen LogP contribution in [0.15, 0.2) is 48.5 Å². The maximum Gasteiger partial charge on any atom is 0.332 e. The van der Waals surface area contributed by atoms with Crippen LogP contribution >= 0.6 is 11.6 Å². The number of imide groups is 1. The molecule has 0 bridgehead atoms. The number of amides is 4. The Hall–Kier alpha value is -2.86. The van der Waals surface area contributed by atoms with E-state index in [4.69, 9.17) is 11.6 Å². The van der Waals surface area contributed by atoms with Gasteiger partial charge in [0.25, 0.3) is 5.91 Å². The Bertz CT molecular complexity index is 882. The van der Waals surface area contributed by atoms with Crippen molar-refractivity contribution in [3.8, 4) is 0 Å². The average molecular weight is 386 g/mol. The van der Waals surface area contributed by atoms with Gasteiger partial charge in [0.05, 0.1) is 0 Å². The lowest BCUT2D eigenvalue weighted by Crippen LogP contribution is -2.41. The van der Waals surface area contributed by atoms with Crippen LogP contribution in [0.4, 0.5) is 10.5 Å². The molecule has 1 fully saturated rings. The summed E-state index contributed by atoms with van der Waals surface area (Å²) in [7, 11) is 0. The minimum Gasteiger partial charge on any atom is -0.350 e. The Morgan fingerprint density at radius 2 is 1.85 bits per heavy atom. The lowest BCUT2D eigenvalue weighted by atomic mass is 10.2. The summed E-state index contributed by atoms with van der Waals surface area (Å²) in [5.41, 5.74) is 2.53. The molecule has 0 aliphatic carbocycles. The minimum absolute atomic E-state index is 0.271. The Morgan fingerprint density at radius 3 is 2.52 bits per heavy atom. The van der Waals surface area contributed by atoms with Crippen LogP contribution in [0.3, 0.4) is 0 Å². The molecule has 0 unspecified atom stereocenters. The fourth-order valence-corrected chi connectivity index (χ4v) is 3.17. The van der Waals surface area contributed by atoms with Crippen molar-refractivity contribution >= 4 is 35.1 Å². The van der Waals surface area contributed by atoms with E-state index in [1.165, 1.54) is 4.90 Å². The molecule has 2 aromatic rings. The second-order valence-electron chi connectivity index (χ2n) is 6.50. The number of carbonyl (C=O) groups is 3. The van der Waals surface area contributed by atoms with E-state index in [0.29, 0.717) is 10.7 Å². The van der Waals surface area contributed by atoms with Gasteiger partial charge in [-0.2, -0.15) is 0 Å². The molecule has 1 heterocycles. The SMILES string of the molecule is Cc1ccc(N2C(=O)N(CC(=O)NCc3cccc(Cl)c3)C(=O)[C@H]2C)cc1. The summed E-state index contributed by atoms with van der Waals surface area (Å²) in [6.45, 7) is 3.56. The fourth-order valence-electron chi connectivity index (χ4n) is 2.96. The van der Waals surface area contributed by atoms with E-state index in [9.17, 15) is 14.4 Å². The van der Waals surface area contributed by atoms with E-state index in [-0.39, 0.29) is 13.1 Å². The summed E-state index contributed by atoms with van der Waals surface area (Å²) in [5.74, 6) is -0.798. The summed E-state index contributed by atoms with van der Waals surface area (Å²) in [4.78, 5) is 39.8. The Labute approximate surface area is 162 Å². The van der Waals surface area contributed by atoms with Crippen LogP contribution < -0.4 is 10.2 Å². The van der Waals surface area contributed by atoms with Gasteiger partial charge in [0, 0.05) is 17.3 Å². The highest BCUT2D eigenvalue weighted by molar-refractivity contribution is 6.30. The number of nitrogens with zero attached hydrogens (tertiary/aromatic N) is 2. The van der Waals surface area contributed by atoms with Crippen LogP contribution in [0.5, 0.6) is 0 Å². The van der Waals surface area contributed by atoms with Crippen molar-refractivity contribution in [1.82, 2.24) is 10.2 Å².